The third-order valence-corrected chi connectivity index (χ3v) is 1.29. The molecule has 0 radical (unpaired) electrons. The summed E-state index contributed by atoms with van der Waals surface area (Å²) in [6, 6.07) is 0. The first-order chi connectivity index (χ1) is 3.30. The van der Waals surface area contributed by atoms with Crippen molar-refractivity contribution >= 4 is 0 Å². The van der Waals surface area contributed by atoms with Crippen LogP contribution in [0.15, 0.2) is 0 Å². The Balaban J connectivity index is 2.33. The molecule has 1 aliphatic rings. The lowest BCUT2D eigenvalue weighted by Crippen LogP contribution is -2.41. The van der Waals surface area contributed by atoms with E-state index in [1.807, 2.05) is 7.05 Å². The molecule has 0 amide bonds. The second-order valence-corrected chi connectivity index (χ2v) is 1.88. The normalized spacial score (nSPS) is 34.3. The van der Waals surface area contributed by atoms with Crippen LogP contribution in [-0.4, -0.2) is 31.3 Å². The van der Waals surface area contributed by atoms with E-state index in [9.17, 15) is 0 Å². The monoisotopic (exact) mass is 101 g/mol. The summed E-state index contributed by atoms with van der Waals surface area (Å²) in [4.78, 5) is 2.07. The quantitative estimate of drug-likeness (QED) is 0.401. The van der Waals surface area contributed by atoms with Crippen LogP contribution in [0.5, 0.6) is 0 Å². The largest absolute Gasteiger partial charge is 0.303 e. The lowest BCUT2D eigenvalue weighted by Gasteiger charge is -2.11. The van der Waals surface area contributed by atoms with E-state index in [1.165, 1.54) is 0 Å². The number of nitrogens with one attached hydrogen (secondary N) is 1. The maximum Gasteiger partial charge on any atom is 0.111 e. The molecule has 7 heavy (non-hydrogen) atoms. The van der Waals surface area contributed by atoms with Crippen molar-refractivity contribution in [3.8, 4) is 0 Å². The highest BCUT2D eigenvalue weighted by Crippen LogP contribution is 1.89. The molecule has 42 valence electrons. The van der Waals surface area contributed by atoms with Gasteiger partial charge in [-0.3, -0.25) is 10.2 Å². The predicted octanol–water partition coefficient (Wildman–Crippen LogP) is -1.24. The molecule has 1 unspecified atom stereocenters. The number of nitrogens with two attached hydrogens (primary N) is 1. The maximum absolute atomic E-state index is 5.49. The minimum Gasteiger partial charge on any atom is -0.303 e. The van der Waals surface area contributed by atoms with Crippen LogP contribution in [0.2, 0.25) is 0 Å². The van der Waals surface area contributed by atoms with E-state index >= 15 is 0 Å². The Bertz CT molecular complexity index is 56.0. The van der Waals surface area contributed by atoms with Crippen molar-refractivity contribution in [2.45, 2.75) is 6.29 Å². The minimum atomic E-state index is 0.0972. The molecule has 3 nitrogen and oxygen atoms in total. The van der Waals surface area contributed by atoms with E-state index < -0.39 is 0 Å². The molecule has 0 saturated carbocycles. The second-order valence-electron chi connectivity index (χ2n) is 1.88. The Kier molecular flexibility index (Phi) is 1.27. The Labute approximate surface area is 43.5 Å². The van der Waals surface area contributed by atoms with Crippen molar-refractivity contribution in [3.05, 3.63) is 0 Å². The smallest absolute Gasteiger partial charge is 0.111 e. The average Bonchev–Trinajstić information content (AvgIpc) is 1.91. The van der Waals surface area contributed by atoms with Gasteiger partial charge in [-0.1, -0.05) is 0 Å². The summed E-state index contributed by atoms with van der Waals surface area (Å²) < 4.78 is 0. The molecular weight excluding hydrogens is 90.1 g/mol. The molecule has 3 N–H and O–H groups in total. The van der Waals surface area contributed by atoms with Crippen molar-refractivity contribution in [1.82, 2.24) is 10.2 Å². The molecule has 1 rings (SSSR count). The zero-order valence-corrected chi connectivity index (χ0v) is 4.52. The molecule has 0 aromatic heterocycles. The molecule has 0 aromatic carbocycles. The van der Waals surface area contributed by atoms with Gasteiger partial charge in [0.25, 0.3) is 0 Å². The van der Waals surface area contributed by atoms with E-state index in [0.29, 0.717) is 0 Å². The summed E-state index contributed by atoms with van der Waals surface area (Å²) in [6.07, 6.45) is 0.0972. The summed E-state index contributed by atoms with van der Waals surface area (Å²) in [7, 11) is 2.00. The van der Waals surface area contributed by atoms with Gasteiger partial charge in [0.05, 0.1) is 0 Å². The van der Waals surface area contributed by atoms with Gasteiger partial charge in [-0.25, -0.2) is 0 Å². The van der Waals surface area contributed by atoms with Crippen molar-refractivity contribution in [1.29, 1.82) is 0 Å². The van der Waals surface area contributed by atoms with E-state index in [-0.39, 0.29) is 6.29 Å². The molecule has 1 atom stereocenters. The van der Waals surface area contributed by atoms with Crippen LogP contribution in [0.1, 0.15) is 0 Å². The van der Waals surface area contributed by atoms with E-state index in [1.54, 1.807) is 0 Å². The van der Waals surface area contributed by atoms with Gasteiger partial charge in [0, 0.05) is 13.1 Å². The van der Waals surface area contributed by atoms with Crippen LogP contribution >= 0.6 is 0 Å². The lowest BCUT2D eigenvalue weighted by atomic mass is 10.7. The number of hydrogen-bond acceptors (Lipinski definition) is 3. The highest BCUT2D eigenvalue weighted by atomic mass is 15.4. The number of rotatable bonds is 0. The van der Waals surface area contributed by atoms with Crippen molar-refractivity contribution in [2.75, 3.05) is 20.1 Å². The van der Waals surface area contributed by atoms with Gasteiger partial charge in [0.15, 0.2) is 0 Å². The fourth-order valence-electron chi connectivity index (χ4n) is 0.684. The fourth-order valence-corrected chi connectivity index (χ4v) is 0.684. The van der Waals surface area contributed by atoms with Crippen LogP contribution in [0.25, 0.3) is 0 Å². The predicted molar refractivity (Wildman–Crippen MR) is 28.6 cm³/mol. The minimum absolute atomic E-state index is 0.0972. The Morgan fingerprint density at radius 1 is 1.86 bits per heavy atom. The summed E-state index contributed by atoms with van der Waals surface area (Å²) in [5.74, 6) is 0. The number of nitrogens with zero attached hydrogens (tertiary/aromatic N) is 1. The van der Waals surface area contributed by atoms with E-state index in [0.717, 1.165) is 13.1 Å². The van der Waals surface area contributed by atoms with Gasteiger partial charge in [-0.05, 0) is 7.05 Å². The van der Waals surface area contributed by atoms with Crippen molar-refractivity contribution in [2.24, 2.45) is 5.73 Å². The first kappa shape index (κ1) is 5.03. The SMILES string of the molecule is CN1CCNC1N. The Morgan fingerprint density at radius 2 is 2.57 bits per heavy atom. The zero-order chi connectivity index (χ0) is 5.28. The molecule has 3 heteroatoms. The van der Waals surface area contributed by atoms with Crippen LogP contribution < -0.4 is 11.1 Å². The highest BCUT2D eigenvalue weighted by molar-refractivity contribution is 4.67. The van der Waals surface area contributed by atoms with Gasteiger partial charge in [-0.2, -0.15) is 0 Å². The molecular formula is C4H11N3. The molecule has 1 fully saturated rings. The first-order valence-corrected chi connectivity index (χ1v) is 2.50. The van der Waals surface area contributed by atoms with Crippen LogP contribution in [0.3, 0.4) is 0 Å². The molecule has 1 heterocycles. The lowest BCUT2D eigenvalue weighted by molar-refractivity contribution is 0.302. The molecule has 0 aromatic rings. The summed E-state index contributed by atoms with van der Waals surface area (Å²) >= 11 is 0. The molecule has 0 spiro atoms. The highest BCUT2D eigenvalue weighted by Gasteiger charge is 2.13. The molecule has 0 aliphatic carbocycles. The third-order valence-electron chi connectivity index (χ3n) is 1.29. The van der Waals surface area contributed by atoms with Crippen LogP contribution in [0.4, 0.5) is 0 Å². The topological polar surface area (TPSA) is 41.3 Å². The standard InChI is InChI=1S/C4H11N3/c1-7-3-2-6-4(7)5/h4,6H,2-3,5H2,1H3. The average molecular weight is 101 g/mol. The van der Waals surface area contributed by atoms with Crippen molar-refractivity contribution < 1.29 is 0 Å². The van der Waals surface area contributed by atoms with Gasteiger partial charge in [0.2, 0.25) is 0 Å². The summed E-state index contributed by atoms with van der Waals surface area (Å²) in [5.41, 5.74) is 5.49. The second kappa shape index (κ2) is 1.78. The maximum atomic E-state index is 5.49. The van der Waals surface area contributed by atoms with Gasteiger partial charge >= 0.3 is 0 Å². The molecule has 1 saturated heterocycles. The van der Waals surface area contributed by atoms with E-state index in [2.05, 4.69) is 10.2 Å². The Hall–Kier alpha value is -0.120. The molecule has 0 bridgehead atoms. The van der Waals surface area contributed by atoms with E-state index in [4.69, 9.17) is 5.73 Å². The van der Waals surface area contributed by atoms with Gasteiger partial charge < -0.3 is 5.73 Å². The van der Waals surface area contributed by atoms with Crippen LogP contribution in [0, 0.1) is 0 Å². The Morgan fingerprint density at radius 3 is 2.71 bits per heavy atom. The fraction of sp³-hybridized carbons (Fsp3) is 1.00. The van der Waals surface area contributed by atoms with Gasteiger partial charge in [-0.15, -0.1) is 0 Å². The van der Waals surface area contributed by atoms with Crippen LogP contribution in [-0.2, 0) is 0 Å². The van der Waals surface area contributed by atoms with Gasteiger partial charge in [0.1, 0.15) is 6.29 Å². The number of likely N-dealkylation sites (N-methyl/N-ethyl adjacent to an activating group) is 1. The van der Waals surface area contributed by atoms with Crippen molar-refractivity contribution in [3.63, 3.8) is 0 Å². The summed E-state index contributed by atoms with van der Waals surface area (Å²) in [5, 5.41) is 3.07. The summed E-state index contributed by atoms with van der Waals surface area (Å²) in [6.45, 7) is 2.10. The number of hydrogen-bond donors (Lipinski definition) is 2. The first-order valence-electron chi connectivity index (χ1n) is 2.50. The molecule has 1 aliphatic heterocycles. The third kappa shape index (κ3) is 0.907. The zero-order valence-electron chi connectivity index (χ0n) is 4.52.